The molecule has 238 valence electrons. The van der Waals surface area contributed by atoms with Crippen molar-refractivity contribution in [3.05, 3.63) is 70.0 Å². The Kier molecular flexibility index (Phi) is 11.2. The number of fused-ring (bicyclic) bond motifs is 2. The molecule has 14 heteroatoms. The predicted octanol–water partition coefficient (Wildman–Crippen LogP) is 3.25. The smallest absolute Gasteiger partial charge is 0.243 e. The maximum atomic E-state index is 14.6. The Morgan fingerprint density at radius 3 is 2.09 bits per heavy atom. The molecule has 3 N–H and O–H groups in total. The molecule has 2 heterocycles. The van der Waals surface area contributed by atoms with E-state index < -0.39 is 76.9 Å². The molecule has 2 aliphatic rings. The quantitative estimate of drug-likeness (QED) is 0.123. The minimum Gasteiger partial charge on any atom is -0.350 e. The zero-order valence-electron chi connectivity index (χ0n) is 23.7. The van der Waals surface area contributed by atoms with E-state index in [0.717, 1.165) is 6.42 Å². The Hall–Kier alpha value is -3.68. The van der Waals surface area contributed by atoms with Crippen molar-refractivity contribution in [2.75, 3.05) is 12.3 Å². The molecule has 1 saturated heterocycles. The van der Waals surface area contributed by atoms with Gasteiger partial charge in [0.2, 0.25) is 29.4 Å². The molecular weight excluding hydrogens is 607 g/mol. The van der Waals surface area contributed by atoms with Crippen LogP contribution < -0.4 is 16.0 Å². The summed E-state index contributed by atoms with van der Waals surface area (Å²) in [6, 6.07) is 2.86. The van der Waals surface area contributed by atoms with E-state index in [9.17, 15) is 41.1 Å². The van der Waals surface area contributed by atoms with E-state index in [-0.39, 0.29) is 25.3 Å². The van der Waals surface area contributed by atoms with Crippen LogP contribution in [0, 0.1) is 29.1 Å². The highest BCUT2D eigenvalue weighted by Crippen LogP contribution is 2.25. The van der Waals surface area contributed by atoms with Gasteiger partial charge in [-0.3, -0.25) is 19.2 Å². The highest BCUT2D eigenvalue weighted by molar-refractivity contribution is 7.80. The third kappa shape index (κ3) is 7.51. The van der Waals surface area contributed by atoms with E-state index in [2.05, 4.69) is 28.6 Å². The summed E-state index contributed by atoms with van der Waals surface area (Å²) in [5, 5.41) is 7.56. The van der Waals surface area contributed by atoms with E-state index in [0.29, 0.717) is 49.1 Å². The largest absolute Gasteiger partial charge is 0.350 e. The van der Waals surface area contributed by atoms with Crippen molar-refractivity contribution >= 4 is 36.3 Å². The number of halogens is 5. The summed E-state index contributed by atoms with van der Waals surface area (Å²) in [6.07, 6.45) is 1.77. The molecule has 8 nitrogen and oxygen atoms in total. The Labute approximate surface area is 256 Å². The molecule has 0 bridgehead atoms. The van der Waals surface area contributed by atoms with Gasteiger partial charge in [0.25, 0.3) is 0 Å². The topological polar surface area (TPSA) is 108 Å². The van der Waals surface area contributed by atoms with E-state index in [1.54, 1.807) is 24.3 Å². The van der Waals surface area contributed by atoms with Crippen molar-refractivity contribution in [1.82, 2.24) is 20.9 Å². The molecule has 0 spiro atoms. The number of carbonyl (C=O) groups is 4. The summed E-state index contributed by atoms with van der Waals surface area (Å²) in [4.78, 5) is 55.1. The van der Waals surface area contributed by atoms with Crippen LogP contribution in [0.1, 0.15) is 55.2 Å². The van der Waals surface area contributed by atoms with Crippen LogP contribution >= 0.6 is 12.6 Å². The summed E-state index contributed by atoms with van der Waals surface area (Å²) in [7, 11) is 0. The van der Waals surface area contributed by atoms with E-state index in [4.69, 9.17) is 0 Å². The zero-order valence-corrected chi connectivity index (χ0v) is 24.6. The van der Waals surface area contributed by atoms with Crippen LogP contribution in [0.3, 0.4) is 0 Å². The number of nitrogens with one attached hydrogen (secondary N) is 3. The van der Waals surface area contributed by atoms with Crippen LogP contribution in [0.4, 0.5) is 22.0 Å². The van der Waals surface area contributed by atoms with Crippen LogP contribution in [0.2, 0.25) is 0 Å². The second kappa shape index (κ2) is 14.9. The first kappa shape index (κ1) is 33.2. The van der Waals surface area contributed by atoms with Gasteiger partial charge < -0.3 is 20.9 Å². The first-order valence-corrected chi connectivity index (χ1v) is 15.0. The van der Waals surface area contributed by atoms with Gasteiger partial charge in [-0.1, -0.05) is 37.1 Å². The lowest BCUT2D eigenvalue weighted by Crippen LogP contribution is -2.56. The number of nitrogens with zero attached hydrogens (tertiary/aromatic N) is 1. The van der Waals surface area contributed by atoms with Crippen molar-refractivity contribution in [1.29, 1.82) is 0 Å². The fourth-order valence-electron chi connectivity index (χ4n) is 5.50. The number of hydrogen-bond donors (Lipinski definition) is 4. The molecule has 0 unspecified atom stereocenters. The molecule has 0 aromatic heterocycles. The van der Waals surface area contributed by atoms with Gasteiger partial charge in [-0.15, -0.1) is 0 Å². The van der Waals surface area contributed by atoms with E-state index in [1.807, 2.05) is 0 Å². The Bertz CT molecular complexity index is 1400. The van der Waals surface area contributed by atoms with Crippen molar-refractivity contribution in [2.45, 2.75) is 76.0 Å². The standard InChI is InChI=1S/C30H33F5N4O4S/c31-23-18(24(32)26(34)27(35)25(23)33)14-20-28(41)36-15-17-8-4-3-7-16(17)13-22(40)39-11-6-10-21(39)30(43)37-19(29(42)38-20)9-2-1-5-12-44/h3-4,7-8,19-21,44H,1-2,5-6,9-15H2,(H,36,41)(H,37,43)(H,38,42)/t19-,20-,21+/m0/s1. The number of hydrogen-bond acceptors (Lipinski definition) is 5. The molecular formula is C30H33F5N4O4S. The summed E-state index contributed by atoms with van der Waals surface area (Å²) in [5.74, 6) is -13.1. The van der Waals surface area contributed by atoms with Gasteiger partial charge in [-0.2, -0.15) is 12.6 Å². The molecule has 44 heavy (non-hydrogen) atoms. The lowest BCUT2D eigenvalue weighted by atomic mass is 10.0. The summed E-state index contributed by atoms with van der Waals surface area (Å²) >= 11 is 4.17. The van der Waals surface area contributed by atoms with Crippen LogP contribution in [0.5, 0.6) is 0 Å². The molecule has 1 fully saturated rings. The Balaban J connectivity index is 1.72. The summed E-state index contributed by atoms with van der Waals surface area (Å²) in [6.45, 7) is 0.179. The second-order valence-corrected chi connectivity index (χ2v) is 11.3. The Morgan fingerprint density at radius 2 is 1.41 bits per heavy atom. The second-order valence-electron chi connectivity index (χ2n) is 10.9. The number of amides is 4. The molecule has 4 rings (SSSR count). The van der Waals surface area contributed by atoms with Crippen LogP contribution in [-0.2, 0) is 38.6 Å². The average Bonchev–Trinajstić information content (AvgIpc) is 3.51. The normalized spacial score (nSPS) is 21.5. The molecule has 0 saturated carbocycles. The molecule has 3 atom stereocenters. The van der Waals surface area contributed by atoms with Crippen LogP contribution in [0.15, 0.2) is 24.3 Å². The lowest BCUT2D eigenvalue weighted by molar-refractivity contribution is -0.139. The number of benzene rings is 2. The maximum absolute atomic E-state index is 14.6. The molecule has 2 aromatic carbocycles. The van der Waals surface area contributed by atoms with Crippen molar-refractivity contribution < 1.29 is 41.1 Å². The first-order chi connectivity index (χ1) is 21.0. The van der Waals surface area contributed by atoms with Crippen LogP contribution in [0.25, 0.3) is 0 Å². The van der Waals surface area contributed by atoms with Gasteiger partial charge in [0, 0.05) is 25.1 Å². The van der Waals surface area contributed by atoms with Gasteiger partial charge in [-0.05, 0) is 42.6 Å². The summed E-state index contributed by atoms with van der Waals surface area (Å²) < 4.78 is 70.9. The lowest BCUT2D eigenvalue weighted by Gasteiger charge is -2.27. The average molecular weight is 641 g/mol. The predicted molar refractivity (Wildman–Crippen MR) is 153 cm³/mol. The van der Waals surface area contributed by atoms with Crippen LogP contribution in [-0.4, -0.2) is 59.0 Å². The zero-order chi connectivity index (χ0) is 32.0. The van der Waals surface area contributed by atoms with Gasteiger partial charge in [-0.25, -0.2) is 22.0 Å². The monoisotopic (exact) mass is 640 g/mol. The van der Waals surface area contributed by atoms with E-state index >= 15 is 0 Å². The molecule has 2 aromatic rings. The highest BCUT2D eigenvalue weighted by Gasteiger charge is 2.37. The molecule has 0 radical (unpaired) electrons. The Morgan fingerprint density at radius 1 is 0.773 bits per heavy atom. The number of unbranched alkanes of at least 4 members (excludes halogenated alkanes) is 2. The number of thiol groups is 1. The van der Waals surface area contributed by atoms with Gasteiger partial charge in [0.05, 0.1) is 6.42 Å². The third-order valence-corrected chi connectivity index (χ3v) is 8.23. The van der Waals surface area contributed by atoms with Crippen molar-refractivity contribution in [2.24, 2.45) is 0 Å². The number of carbonyl (C=O) groups excluding carboxylic acids is 4. The fourth-order valence-corrected chi connectivity index (χ4v) is 5.72. The third-order valence-electron chi connectivity index (χ3n) is 7.91. The van der Waals surface area contributed by atoms with Crippen molar-refractivity contribution in [3.63, 3.8) is 0 Å². The SMILES string of the molecule is O=C1NCc2ccccc2CC(=O)N2CCC[C@@H]2C(=O)N[C@@H](CCCCCS)C(=O)N[C@H]1Cc1c(F)c(F)c(F)c(F)c1F. The minimum absolute atomic E-state index is 0.0753. The number of rotatable bonds is 7. The van der Waals surface area contributed by atoms with E-state index in [1.165, 1.54) is 4.90 Å². The molecule has 4 amide bonds. The maximum Gasteiger partial charge on any atom is 0.243 e. The minimum atomic E-state index is -2.35. The first-order valence-electron chi connectivity index (χ1n) is 14.4. The summed E-state index contributed by atoms with van der Waals surface area (Å²) in [5.41, 5.74) is -0.199. The fraction of sp³-hybridized carbons (Fsp3) is 0.467. The van der Waals surface area contributed by atoms with Gasteiger partial charge >= 0.3 is 0 Å². The highest BCUT2D eigenvalue weighted by atomic mass is 32.1. The molecule has 2 aliphatic heterocycles. The van der Waals surface area contributed by atoms with Gasteiger partial charge in [0.1, 0.15) is 18.1 Å². The van der Waals surface area contributed by atoms with Gasteiger partial charge in [0.15, 0.2) is 23.3 Å². The molecule has 0 aliphatic carbocycles. The van der Waals surface area contributed by atoms with Crippen molar-refractivity contribution in [3.8, 4) is 0 Å².